The van der Waals surface area contributed by atoms with Crippen molar-refractivity contribution < 1.29 is 9.53 Å². The first-order valence-corrected chi connectivity index (χ1v) is 9.62. The van der Waals surface area contributed by atoms with Crippen molar-refractivity contribution >= 4 is 23.2 Å². The van der Waals surface area contributed by atoms with E-state index in [4.69, 9.17) is 4.74 Å². The van der Waals surface area contributed by atoms with Crippen molar-refractivity contribution in [3.63, 3.8) is 0 Å². The molecule has 2 heterocycles. The first-order chi connectivity index (χ1) is 12.7. The van der Waals surface area contributed by atoms with Gasteiger partial charge in [-0.3, -0.25) is 4.79 Å². The molecule has 4 nitrogen and oxygen atoms in total. The van der Waals surface area contributed by atoms with E-state index in [0.717, 1.165) is 58.0 Å². The van der Waals surface area contributed by atoms with Gasteiger partial charge in [0.15, 0.2) is 5.78 Å². The van der Waals surface area contributed by atoms with Crippen molar-refractivity contribution in [2.24, 2.45) is 0 Å². The van der Waals surface area contributed by atoms with Crippen molar-refractivity contribution in [2.75, 3.05) is 6.61 Å². The number of hydrogen-bond acceptors (Lipinski definition) is 4. The van der Waals surface area contributed by atoms with E-state index in [0.29, 0.717) is 6.61 Å². The third-order valence-electron chi connectivity index (χ3n) is 4.74. The number of thiophene rings is 1. The number of H-pyrrole nitrogens is 1. The molecule has 0 saturated heterocycles. The van der Waals surface area contributed by atoms with Crippen molar-refractivity contribution in [3.05, 3.63) is 75.0 Å². The molecule has 1 aliphatic carbocycles. The summed E-state index contributed by atoms with van der Waals surface area (Å²) in [6.45, 7) is 2.60. The zero-order chi connectivity index (χ0) is 17.9. The summed E-state index contributed by atoms with van der Waals surface area (Å²) in [5.74, 6) is 1.91. The van der Waals surface area contributed by atoms with Gasteiger partial charge >= 0.3 is 0 Å². The van der Waals surface area contributed by atoms with Gasteiger partial charge in [0.1, 0.15) is 11.6 Å². The Hall–Kier alpha value is -2.66. The number of imidazole rings is 1. The monoisotopic (exact) mass is 364 g/mol. The van der Waals surface area contributed by atoms with E-state index >= 15 is 0 Å². The third kappa shape index (κ3) is 3.35. The molecule has 0 amide bonds. The van der Waals surface area contributed by atoms with Crippen LogP contribution in [0.1, 0.15) is 38.6 Å². The third-order valence-corrected chi connectivity index (χ3v) is 5.56. The molecule has 0 radical (unpaired) electrons. The number of carbonyl (C=O) groups excluding carboxylic acids is 1. The molecule has 0 aliphatic heterocycles. The molecule has 2 aromatic heterocycles. The van der Waals surface area contributed by atoms with E-state index in [-0.39, 0.29) is 5.78 Å². The molecule has 1 aromatic carbocycles. The molecule has 1 N–H and O–H groups in total. The van der Waals surface area contributed by atoms with Crippen LogP contribution < -0.4 is 4.74 Å². The molecule has 0 fully saturated rings. The van der Waals surface area contributed by atoms with Crippen molar-refractivity contribution in [1.82, 2.24) is 9.97 Å². The number of carbonyl (C=O) groups is 1. The molecular weight excluding hydrogens is 344 g/mol. The normalized spacial score (nSPS) is 15.3. The Morgan fingerprint density at radius 1 is 1.31 bits per heavy atom. The fourth-order valence-electron chi connectivity index (χ4n) is 3.35. The zero-order valence-electron chi connectivity index (χ0n) is 14.6. The number of nitrogens with one attached hydrogen (secondary N) is 1. The average molecular weight is 364 g/mol. The van der Waals surface area contributed by atoms with Crippen molar-refractivity contribution in [2.45, 2.75) is 26.2 Å². The van der Waals surface area contributed by atoms with Crippen LogP contribution in [0.5, 0.6) is 5.75 Å². The van der Waals surface area contributed by atoms with Gasteiger partial charge in [0.2, 0.25) is 0 Å². The van der Waals surface area contributed by atoms with Crippen LogP contribution >= 0.6 is 11.3 Å². The molecular formula is C21H20N2O2S. The molecule has 0 bridgehead atoms. The number of ether oxygens (including phenoxy) is 1. The molecule has 0 atom stereocenters. The van der Waals surface area contributed by atoms with Gasteiger partial charge in [-0.2, -0.15) is 0 Å². The SMILES string of the molecule is Cc1c(OCCc2ncc[nH]2)ccc2c1CCC(=Cc1cccs1)C2=O. The largest absolute Gasteiger partial charge is 0.493 e. The van der Waals surface area contributed by atoms with Crippen LogP contribution in [0, 0.1) is 6.92 Å². The Bertz CT molecular complexity index is 941. The number of rotatable bonds is 5. The number of nitrogens with zero attached hydrogens (tertiary/aromatic N) is 1. The Morgan fingerprint density at radius 3 is 3.00 bits per heavy atom. The standard InChI is InChI=1S/C21H20N2O2S/c1-14-17-5-4-15(13-16-3-2-12-26-16)21(24)18(17)6-7-19(14)25-11-8-20-22-9-10-23-20/h2-3,6-7,9-10,12-13H,4-5,8,11H2,1H3,(H,22,23). The second kappa shape index (κ2) is 7.30. The Kier molecular flexibility index (Phi) is 4.71. The number of allylic oxidation sites excluding steroid dienone is 1. The van der Waals surface area contributed by atoms with E-state index in [2.05, 4.69) is 9.97 Å². The number of Topliss-reactive ketones (excluding diaryl/α,β-unsaturated/α-hetero) is 1. The highest BCUT2D eigenvalue weighted by atomic mass is 32.1. The second-order valence-corrected chi connectivity index (χ2v) is 7.34. The number of ketones is 1. The summed E-state index contributed by atoms with van der Waals surface area (Å²) in [5, 5.41) is 2.03. The highest BCUT2D eigenvalue weighted by Gasteiger charge is 2.24. The van der Waals surface area contributed by atoms with Gasteiger partial charge in [-0.05, 0) is 60.5 Å². The van der Waals surface area contributed by atoms with Crippen LogP contribution in [-0.2, 0) is 12.8 Å². The maximum atomic E-state index is 12.9. The molecule has 0 unspecified atom stereocenters. The molecule has 5 heteroatoms. The van der Waals surface area contributed by atoms with Crippen LogP contribution in [0.3, 0.4) is 0 Å². The summed E-state index contributed by atoms with van der Waals surface area (Å²) in [7, 11) is 0. The van der Waals surface area contributed by atoms with Crippen LogP contribution in [-0.4, -0.2) is 22.4 Å². The minimum absolute atomic E-state index is 0.143. The maximum Gasteiger partial charge on any atom is 0.189 e. The number of aromatic amines is 1. The second-order valence-electron chi connectivity index (χ2n) is 6.36. The number of benzene rings is 1. The lowest BCUT2D eigenvalue weighted by molar-refractivity contribution is 0.102. The van der Waals surface area contributed by atoms with Gasteiger partial charge in [-0.1, -0.05) is 6.07 Å². The van der Waals surface area contributed by atoms with Crippen LogP contribution in [0.2, 0.25) is 0 Å². The first kappa shape index (κ1) is 16.8. The minimum Gasteiger partial charge on any atom is -0.493 e. The lowest BCUT2D eigenvalue weighted by Gasteiger charge is -2.21. The molecule has 1 aliphatic rings. The van der Waals surface area contributed by atoms with Crippen LogP contribution in [0.25, 0.3) is 6.08 Å². The molecule has 26 heavy (non-hydrogen) atoms. The van der Waals surface area contributed by atoms with Gasteiger partial charge in [0, 0.05) is 34.8 Å². The summed E-state index contributed by atoms with van der Waals surface area (Å²) in [6.07, 6.45) is 7.97. The topological polar surface area (TPSA) is 55.0 Å². The summed E-state index contributed by atoms with van der Waals surface area (Å²) in [6, 6.07) is 7.88. The quantitative estimate of drug-likeness (QED) is 0.673. The lowest BCUT2D eigenvalue weighted by Crippen LogP contribution is -2.16. The van der Waals surface area contributed by atoms with Crippen molar-refractivity contribution in [3.8, 4) is 5.75 Å². The Morgan fingerprint density at radius 2 is 2.23 bits per heavy atom. The highest BCUT2D eigenvalue weighted by molar-refractivity contribution is 7.10. The molecule has 132 valence electrons. The van der Waals surface area contributed by atoms with Gasteiger partial charge < -0.3 is 9.72 Å². The maximum absolute atomic E-state index is 12.9. The fourth-order valence-corrected chi connectivity index (χ4v) is 4.03. The van der Waals surface area contributed by atoms with Crippen LogP contribution in [0.15, 0.2) is 47.6 Å². The van der Waals surface area contributed by atoms with E-state index in [1.165, 1.54) is 0 Å². The molecule has 3 aromatic rings. The molecule has 4 rings (SSSR count). The summed E-state index contributed by atoms with van der Waals surface area (Å²) in [5.41, 5.74) is 3.90. The smallest absolute Gasteiger partial charge is 0.189 e. The van der Waals surface area contributed by atoms with Gasteiger partial charge in [0.05, 0.1) is 6.61 Å². The minimum atomic E-state index is 0.143. The molecule has 0 saturated carbocycles. The predicted molar refractivity (Wildman–Crippen MR) is 104 cm³/mol. The lowest BCUT2D eigenvalue weighted by atomic mass is 9.84. The Labute approximate surface area is 156 Å². The predicted octanol–water partition coefficient (Wildman–Crippen LogP) is 4.61. The Balaban J connectivity index is 1.52. The van der Waals surface area contributed by atoms with E-state index in [1.807, 2.05) is 48.8 Å². The number of hydrogen-bond donors (Lipinski definition) is 1. The average Bonchev–Trinajstić information content (AvgIpc) is 3.33. The molecule has 0 spiro atoms. The summed E-state index contributed by atoms with van der Waals surface area (Å²) in [4.78, 5) is 21.3. The van der Waals surface area contributed by atoms with Gasteiger partial charge in [0.25, 0.3) is 0 Å². The summed E-state index contributed by atoms with van der Waals surface area (Å²) >= 11 is 1.66. The first-order valence-electron chi connectivity index (χ1n) is 8.74. The zero-order valence-corrected chi connectivity index (χ0v) is 15.4. The van der Waals surface area contributed by atoms with Crippen LogP contribution in [0.4, 0.5) is 0 Å². The van der Waals surface area contributed by atoms with E-state index in [9.17, 15) is 4.79 Å². The van der Waals surface area contributed by atoms with Crippen molar-refractivity contribution in [1.29, 1.82) is 0 Å². The number of fused-ring (bicyclic) bond motifs is 1. The fraction of sp³-hybridized carbons (Fsp3) is 0.238. The van der Waals surface area contributed by atoms with E-state index < -0.39 is 0 Å². The summed E-state index contributed by atoms with van der Waals surface area (Å²) < 4.78 is 5.94. The van der Waals surface area contributed by atoms with Gasteiger partial charge in [-0.25, -0.2) is 4.98 Å². The van der Waals surface area contributed by atoms with E-state index in [1.54, 1.807) is 17.5 Å². The van der Waals surface area contributed by atoms with Gasteiger partial charge in [-0.15, -0.1) is 11.3 Å². The number of aromatic nitrogens is 2. The highest BCUT2D eigenvalue weighted by Crippen LogP contribution is 2.33.